The molecule has 0 bridgehead atoms. The quantitative estimate of drug-likeness (QED) is 0.333. The first kappa shape index (κ1) is 23.5. The number of nitrogens with one attached hydrogen (secondary N) is 1. The largest absolute Gasteiger partial charge is 0.327 e. The Balaban J connectivity index is 1.71. The van der Waals surface area contributed by atoms with Gasteiger partial charge in [0.15, 0.2) is 12.4 Å². The van der Waals surface area contributed by atoms with Crippen molar-refractivity contribution < 1.29 is 14.2 Å². The number of nitrogens with zero attached hydrogens (tertiary/aromatic N) is 3. The van der Waals surface area contributed by atoms with Gasteiger partial charge in [0.2, 0.25) is 0 Å². The molecule has 3 heterocycles. The highest BCUT2D eigenvalue weighted by Crippen LogP contribution is 2.31. The van der Waals surface area contributed by atoms with E-state index in [9.17, 15) is 14.4 Å². The molecule has 1 aliphatic rings. The Hall–Kier alpha value is -4.23. The van der Waals surface area contributed by atoms with Gasteiger partial charge in [0.25, 0.3) is 17.2 Å². The number of aromatic amines is 1. The van der Waals surface area contributed by atoms with E-state index < -0.39 is 17.4 Å². The predicted molar refractivity (Wildman–Crippen MR) is 137 cm³/mol. The van der Waals surface area contributed by atoms with Crippen molar-refractivity contribution in [2.45, 2.75) is 27.3 Å². The third-order valence-corrected chi connectivity index (χ3v) is 6.38. The maximum absolute atomic E-state index is 13.8. The molecular formula is C28H24ClN4O3+. The minimum absolute atomic E-state index is 0.0809. The predicted octanol–water partition coefficient (Wildman–Crippen LogP) is 3.97. The van der Waals surface area contributed by atoms with Gasteiger partial charge in [-0.15, -0.1) is 0 Å². The molecule has 0 radical (unpaired) electrons. The first-order chi connectivity index (χ1) is 17.2. The van der Waals surface area contributed by atoms with Gasteiger partial charge in [0.1, 0.15) is 5.57 Å². The number of imide groups is 1. The van der Waals surface area contributed by atoms with Crippen LogP contribution < -0.4 is 10.1 Å². The second-order valence-electron chi connectivity index (χ2n) is 8.93. The second-order valence-corrected chi connectivity index (χ2v) is 9.37. The molecule has 5 rings (SSSR count). The smallest absolute Gasteiger partial charge is 0.295 e. The van der Waals surface area contributed by atoms with Crippen LogP contribution in [0.4, 0.5) is 0 Å². The summed E-state index contributed by atoms with van der Waals surface area (Å²) in [6.07, 6.45) is 3.58. The fraction of sp³-hybridized carbons (Fsp3) is 0.143. The molecule has 0 fully saturated rings. The average Bonchev–Trinajstić information content (AvgIpc) is 3.26. The monoisotopic (exact) mass is 499 g/mol. The van der Waals surface area contributed by atoms with Crippen LogP contribution in [0.1, 0.15) is 27.9 Å². The van der Waals surface area contributed by atoms with Gasteiger partial charge < -0.3 is 0 Å². The Morgan fingerprint density at radius 1 is 0.861 bits per heavy atom. The van der Waals surface area contributed by atoms with E-state index in [1.807, 2.05) is 50.2 Å². The van der Waals surface area contributed by atoms with Gasteiger partial charge in [-0.05, 0) is 56.7 Å². The molecule has 1 N–H and O–H groups in total. The number of carbonyl (C=O) groups is 2. The molecular weight excluding hydrogens is 476 g/mol. The molecule has 4 aromatic rings. The maximum atomic E-state index is 13.8. The summed E-state index contributed by atoms with van der Waals surface area (Å²) in [4.78, 5) is 42.4. The van der Waals surface area contributed by atoms with E-state index in [0.717, 1.165) is 16.7 Å². The van der Waals surface area contributed by atoms with Crippen molar-refractivity contribution in [3.8, 4) is 5.69 Å². The number of hydrogen-bond acceptors (Lipinski definition) is 3. The van der Waals surface area contributed by atoms with Gasteiger partial charge in [0, 0.05) is 21.8 Å². The van der Waals surface area contributed by atoms with Gasteiger partial charge in [-0.25, -0.2) is 4.68 Å². The zero-order chi connectivity index (χ0) is 25.6. The van der Waals surface area contributed by atoms with Crippen LogP contribution in [0, 0.1) is 20.8 Å². The van der Waals surface area contributed by atoms with E-state index in [2.05, 4.69) is 5.10 Å². The Morgan fingerprint density at radius 3 is 2.14 bits per heavy atom. The molecule has 0 saturated carbocycles. The maximum Gasteiger partial charge on any atom is 0.327 e. The molecule has 2 aromatic carbocycles. The summed E-state index contributed by atoms with van der Waals surface area (Å²) in [7, 11) is 0. The highest BCUT2D eigenvalue weighted by atomic mass is 35.5. The SMILES string of the molecule is Cc1cc(C)c[n+](C2=C(c3c(C)[nH]n(-c4ccc(Cl)cc4)c3=O)C(=O)N(Cc3ccccc3)C2=O)c1. The number of benzene rings is 2. The summed E-state index contributed by atoms with van der Waals surface area (Å²) in [5.41, 5.74) is 3.70. The third-order valence-electron chi connectivity index (χ3n) is 6.13. The Labute approximate surface area is 212 Å². The molecule has 36 heavy (non-hydrogen) atoms. The molecule has 2 amide bonds. The summed E-state index contributed by atoms with van der Waals surface area (Å²) >= 11 is 6.01. The fourth-order valence-corrected chi connectivity index (χ4v) is 4.72. The normalized spacial score (nSPS) is 13.7. The van der Waals surface area contributed by atoms with Crippen LogP contribution in [0.5, 0.6) is 0 Å². The number of hydrogen-bond donors (Lipinski definition) is 1. The second kappa shape index (κ2) is 9.09. The van der Waals surface area contributed by atoms with Gasteiger partial charge in [-0.1, -0.05) is 41.9 Å². The molecule has 0 unspecified atom stereocenters. The Bertz CT molecular complexity index is 1580. The molecule has 8 heteroatoms. The van der Waals surface area contributed by atoms with E-state index in [-0.39, 0.29) is 23.4 Å². The highest BCUT2D eigenvalue weighted by Gasteiger charge is 2.47. The van der Waals surface area contributed by atoms with Crippen molar-refractivity contribution in [3.63, 3.8) is 0 Å². The molecule has 0 aliphatic carbocycles. The first-order valence-corrected chi connectivity index (χ1v) is 11.8. The molecule has 0 atom stereocenters. The number of H-pyrrole nitrogens is 1. The number of amides is 2. The van der Waals surface area contributed by atoms with E-state index in [1.165, 1.54) is 9.58 Å². The van der Waals surface area contributed by atoms with Gasteiger partial charge in [-0.2, -0.15) is 4.57 Å². The van der Waals surface area contributed by atoms with Crippen LogP contribution in [0.15, 0.2) is 77.9 Å². The zero-order valence-electron chi connectivity index (χ0n) is 20.1. The first-order valence-electron chi connectivity index (χ1n) is 11.5. The topological polar surface area (TPSA) is 79.1 Å². The van der Waals surface area contributed by atoms with Crippen LogP contribution in [0.25, 0.3) is 17.0 Å². The lowest BCUT2D eigenvalue weighted by atomic mass is 10.1. The number of carbonyl (C=O) groups excluding carboxylic acids is 2. The molecule has 0 spiro atoms. The van der Waals surface area contributed by atoms with Crippen LogP contribution in [-0.2, 0) is 16.1 Å². The van der Waals surface area contributed by atoms with Crippen LogP contribution >= 0.6 is 11.6 Å². The Morgan fingerprint density at radius 2 is 1.50 bits per heavy atom. The van der Waals surface area contributed by atoms with E-state index in [1.54, 1.807) is 48.1 Å². The zero-order valence-corrected chi connectivity index (χ0v) is 20.8. The van der Waals surface area contributed by atoms with Gasteiger partial charge in [0.05, 0.1) is 17.8 Å². The average molecular weight is 500 g/mol. The van der Waals surface area contributed by atoms with E-state index in [4.69, 9.17) is 11.6 Å². The van der Waals surface area contributed by atoms with Crippen molar-refractivity contribution in [1.29, 1.82) is 0 Å². The van der Waals surface area contributed by atoms with Crippen molar-refractivity contribution in [2.75, 3.05) is 0 Å². The van der Waals surface area contributed by atoms with Gasteiger partial charge in [-0.3, -0.25) is 24.4 Å². The third kappa shape index (κ3) is 4.07. The molecule has 0 saturated heterocycles. The highest BCUT2D eigenvalue weighted by molar-refractivity contribution is 6.44. The minimum atomic E-state index is -0.507. The lowest BCUT2D eigenvalue weighted by Gasteiger charge is -2.13. The standard InChI is InChI=1S/C28H23ClN4O3/c1-17-13-18(2)15-31(14-17)25-24(26(34)32(28(25)36)16-20-7-5-4-6-8-20)23-19(3)30-33(27(23)35)22-11-9-21(29)10-12-22/h4-15H,16H2,1-3H3/p+1. The number of halogens is 1. The summed E-state index contributed by atoms with van der Waals surface area (Å²) in [6, 6.07) is 18.1. The Kier molecular flexibility index (Phi) is 5.94. The van der Waals surface area contributed by atoms with Crippen molar-refractivity contribution in [2.24, 2.45) is 0 Å². The lowest BCUT2D eigenvalue weighted by Crippen LogP contribution is -2.39. The lowest BCUT2D eigenvalue weighted by molar-refractivity contribution is -0.577. The van der Waals surface area contributed by atoms with Crippen molar-refractivity contribution in [3.05, 3.63) is 116 Å². The van der Waals surface area contributed by atoms with Crippen molar-refractivity contribution >= 4 is 34.7 Å². The number of rotatable bonds is 5. The molecule has 180 valence electrons. The summed E-state index contributed by atoms with van der Waals surface area (Å²) in [6.45, 7) is 5.66. The molecule has 2 aromatic heterocycles. The minimum Gasteiger partial charge on any atom is -0.295 e. The summed E-state index contributed by atoms with van der Waals surface area (Å²) < 4.78 is 3.01. The molecule has 1 aliphatic heterocycles. The molecule has 7 nitrogen and oxygen atoms in total. The van der Waals surface area contributed by atoms with Gasteiger partial charge >= 0.3 is 5.91 Å². The van der Waals surface area contributed by atoms with Crippen LogP contribution in [0.2, 0.25) is 5.02 Å². The van der Waals surface area contributed by atoms with Crippen LogP contribution in [0.3, 0.4) is 0 Å². The van der Waals surface area contributed by atoms with Crippen LogP contribution in [-0.4, -0.2) is 26.5 Å². The van der Waals surface area contributed by atoms with E-state index >= 15 is 0 Å². The van der Waals surface area contributed by atoms with Crippen molar-refractivity contribution in [1.82, 2.24) is 14.7 Å². The summed E-state index contributed by atoms with van der Waals surface area (Å²) in [5.74, 6) is -0.958. The fourth-order valence-electron chi connectivity index (χ4n) is 4.59. The number of aryl methyl sites for hydroxylation is 3. The number of pyridine rings is 1. The van der Waals surface area contributed by atoms with E-state index in [0.29, 0.717) is 16.4 Å². The summed E-state index contributed by atoms with van der Waals surface area (Å²) in [5, 5.41) is 3.60. The number of aromatic nitrogens is 3.